The molecule has 2 rings (SSSR count). The predicted octanol–water partition coefficient (Wildman–Crippen LogP) is 2.98. The first kappa shape index (κ1) is 18.6. The highest BCUT2D eigenvalue weighted by Gasteiger charge is 2.15. The van der Waals surface area contributed by atoms with Gasteiger partial charge in [-0.2, -0.15) is 0 Å². The van der Waals surface area contributed by atoms with Crippen molar-refractivity contribution < 1.29 is 22.4 Å². The zero-order valence-corrected chi connectivity index (χ0v) is 14.3. The van der Waals surface area contributed by atoms with Crippen molar-refractivity contribution in [3.05, 3.63) is 58.3 Å². The molecule has 0 aromatic heterocycles. The molecule has 0 saturated carbocycles. The van der Waals surface area contributed by atoms with Crippen LogP contribution in [-0.2, 0) is 19.7 Å². The molecule has 0 bridgehead atoms. The number of carbonyl (C=O) groups is 1. The van der Waals surface area contributed by atoms with Crippen LogP contribution in [0, 0.1) is 5.82 Å². The van der Waals surface area contributed by atoms with E-state index in [0.29, 0.717) is 10.7 Å². The second kappa shape index (κ2) is 7.91. The van der Waals surface area contributed by atoms with Crippen LogP contribution in [0.1, 0.15) is 0 Å². The summed E-state index contributed by atoms with van der Waals surface area (Å²) in [7, 11) is -4.02. The topological polar surface area (TPSA) is 84.5 Å². The molecule has 2 N–H and O–H groups in total. The van der Waals surface area contributed by atoms with Gasteiger partial charge in [0, 0.05) is 5.69 Å². The molecular weight excluding hydrogens is 382 g/mol. The first-order valence-corrected chi connectivity index (χ1v) is 8.66. The van der Waals surface area contributed by atoms with E-state index in [2.05, 4.69) is 10.2 Å². The van der Waals surface area contributed by atoms with Gasteiger partial charge in [0.2, 0.25) is 0 Å². The first-order valence-electron chi connectivity index (χ1n) is 6.42. The van der Waals surface area contributed by atoms with Crippen LogP contribution in [0.5, 0.6) is 0 Å². The van der Waals surface area contributed by atoms with E-state index in [1.54, 1.807) is 4.89 Å². The Kier molecular flexibility index (Phi) is 6.14. The van der Waals surface area contributed by atoms with Crippen molar-refractivity contribution in [1.29, 1.82) is 0 Å². The van der Waals surface area contributed by atoms with E-state index < -0.39 is 28.4 Å². The van der Waals surface area contributed by atoms with Gasteiger partial charge in [0.1, 0.15) is 12.4 Å². The van der Waals surface area contributed by atoms with Crippen molar-refractivity contribution in [2.75, 3.05) is 11.9 Å². The van der Waals surface area contributed by atoms with Crippen LogP contribution >= 0.6 is 23.2 Å². The number of hydrogen-bond donors (Lipinski definition) is 2. The van der Waals surface area contributed by atoms with Gasteiger partial charge in [-0.15, -0.1) is 0 Å². The Morgan fingerprint density at radius 1 is 1.08 bits per heavy atom. The molecule has 0 aliphatic rings. The third-order valence-electron chi connectivity index (χ3n) is 2.70. The number of rotatable bonds is 6. The molecule has 2 aromatic rings. The molecular formula is C14H11Cl2FN2O4S. The summed E-state index contributed by atoms with van der Waals surface area (Å²) < 4.78 is 36.5. The maximum absolute atomic E-state index is 12.8. The van der Waals surface area contributed by atoms with Crippen molar-refractivity contribution in [3.63, 3.8) is 0 Å². The Morgan fingerprint density at radius 3 is 2.38 bits per heavy atom. The highest BCUT2D eigenvalue weighted by atomic mass is 35.5. The molecule has 6 nitrogen and oxygen atoms in total. The normalized spacial score (nSPS) is 11.3. The summed E-state index contributed by atoms with van der Waals surface area (Å²) in [5.74, 6) is -1.19. The van der Waals surface area contributed by atoms with Crippen LogP contribution in [0.25, 0.3) is 0 Å². The molecule has 0 saturated heterocycles. The van der Waals surface area contributed by atoms with Crippen molar-refractivity contribution in [2.45, 2.75) is 4.90 Å². The third-order valence-corrected chi connectivity index (χ3v) is 4.67. The van der Waals surface area contributed by atoms with Crippen LogP contribution in [-0.4, -0.2) is 20.9 Å². The summed E-state index contributed by atoms with van der Waals surface area (Å²) in [5.41, 5.74) is 0.374. The lowest BCUT2D eigenvalue weighted by molar-refractivity contribution is -0.121. The lowest BCUT2D eigenvalue weighted by Crippen LogP contribution is -2.29. The number of benzene rings is 2. The Bertz CT molecular complexity index is 844. The minimum Gasteiger partial charge on any atom is -0.324 e. The van der Waals surface area contributed by atoms with Crippen LogP contribution in [0.4, 0.5) is 10.1 Å². The number of sulfonamides is 1. The number of halogens is 3. The van der Waals surface area contributed by atoms with Gasteiger partial charge in [-0.3, -0.25) is 9.63 Å². The second-order valence-corrected chi connectivity index (χ2v) is 6.97. The Hall–Kier alpha value is -1.71. The molecule has 0 spiro atoms. The van der Waals surface area contributed by atoms with Crippen molar-refractivity contribution >= 4 is 44.8 Å². The third kappa shape index (κ3) is 5.15. The number of hydrogen-bond acceptors (Lipinski definition) is 4. The van der Waals surface area contributed by atoms with Gasteiger partial charge >= 0.3 is 0 Å². The number of amides is 1. The molecule has 24 heavy (non-hydrogen) atoms. The zero-order valence-electron chi connectivity index (χ0n) is 11.9. The summed E-state index contributed by atoms with van der Waals surface area (Å²) in [6.07, 6.45) is 0. The van der Waals surface area contributed by atoms with Crippen molar-refractivity contribution in [1.82, 2.24) is 4.89 Å². The lowest BCUT2D eigenvalue weighted by Gasteiger charge is -2.08. The van der Waals surface area contributed by atoms with Crippen molar-refractivity contribution in [3.8, 4) is 0 Å². The summed E-state index contributed by atoms with van der Waals surface area (Å²) in [6.45, 7) is -0.583. The number of carbonyl (C=O) groups excluding carboxylic acids is 1. The van der Waals surface area contributed by atoms with Gasteiger partial charge in [0.25, 0.3) is 15.9 Å². The maximum Gasteiger partial charge on any atom is 0.262 e. The fourth-order valence-corrected chi connectivity index (χ4v) is 2.71. The largest absolute Gasteiger partial charge is 0.324 e. The first-order chi connectivity index (χ1) is 11.3. The summed E-state index contributed by atoms with van der Waals surface area (Å²) in [4.78, 5) is 17.9. The molecule has 0 aliphatic carbocycles. The van der Waals surface area contributed by atoms with Gasteiger partial charge in [-0.1, -0.05) is 28.1 Å². The smallest absolute Gasteiger partial charge is 0.262 e. The maximum atomic E-state index is 12.8. The minimum absolute atomic E-state index is 0.200. The highest BCUT2D eigenvalue weighted by molar-refractivity contribution is 7.89. The van der Waals surface area contributed by atoms with Crippen LogP contribution in [0.15, 0.2) is 47.4 Å². The van der Waals surface area contributed by atoms with Crippen LogP contribution < -0.4 is 10.2 Å². The quantitative estimate of drug-likeness (QED) is 0.740. The lowest BCUT2D eigenvalue weighted by atomic mass is 10.3. The molecule has 0 radical (unpaired) electrons. The molecule has 10 heteroatoms. The number of nitrogens with one attached hydrogen (secondary N) is 2. The highest BCUT2D eigenvalue weighted by Crippen LogP contribution is 2.24. The van der Waals surface area contributed by atoms with E-state index in [-0.39, 0.29) is 9.92 Å². The molecule has 128 valence electrons. The Labute approximate surface area is 147 Å². The second-order valence-electron chi connectivity index (χ2n) is 4.51. The van der Waals surface area contributed by atoms with E-state index in [1.165, 1.54) is 18.2 Å². The van der Waals surface area contributed by atoms with Gasteiger partial charge < -0.3 is 5.32 Å². The summed E-state index contributed by atoms with van der Waals surface area (Å²) >= 11 is 11.6. The van der Waals surface area contributed by atoms with Gasteiger partial charge in [0.05, 0.1) is 14.9 Å². The average Bonchev–Trinajstić information content (AvgIpc) is 2.51. The molecule has 0 fully saturated rings. The van der Waals surface area contributed by atoms with E-state index in [9.17, 15) is 17.6 Å². The fourth-order valence-electron chi connectivity index (χ4n) is 1.61. The fraction of sp³-hybridized carbons (Fsp3) is 0.0714. The monoisotopic (exact) mass is 392 g/mol. The molecule has 0 atom stereocenters. The zero-order chi connectivity index (χ0) is 17.7. The van der Waals surface area contributed by atoms with E-state index in [1.807, 2.05) is 0 Å². The van der Waals surface area contributed by atoms with E-state index >= 15 is 0 Å². The molecule has 0 aliphatic heterocycles. The SMILES string of the molecule is O=C(CONS(=O)(=O)c1ccc(F)cc1)Nc1ccc(Cl)c(Cl)c1. The van der Waals surface area contributed by atoms with Gasteiger partial charge in [-0.05, 0) is 42.5 Å². The summed E-state index contributed by atoms with van der Waals surface area (Å²) in [5, 5.41) is 3.04. The Balaban J connectivity index is 1.87. The molecule has 1 amide bonds. The van der Waals surface area contributed by atoms with Gasteiger partial charge in [-0.25, -0.2) is 12.8 Å². The van der Waals surface area contributed by atoms with E-state index in [4.69, 9.17) is 23.2 Å². The molecule has 2 aromatic carbocycles. The minimum atomic E-state index is -4.02. The predicted molar refractivity (Wildman–Crippen MR) is 87.8 cm³/mol. The Morgan fingerprint density at radius 2 is 1.75 bits per heavy atom. The van der Waals surface area contributed by atoms with E-state index in [0.717, 1.165) is 24.3 Å². The summed E-state index contributed by atoms with van der Waals surface area (Å²) in [6, 6.07) is 8.57. The average molecular weight is 393 g/mol. The molecule has 0 heterocycles. The van der Waals surface area contributed by atoms with Crippen molar-refractivity contribution in [2.24, 2.45) is 0 Å². The van der Waals surface area contributed by atoms with Gasteiger partial charge in [0.15, 0.2) is 0 Å². The number of anilines is 1. The van der Waals surface area contributed by atoms with Crippen LogP contribution in [0.2, 0.25) is 10.0 Å². The standard InChI is InChI=1S/C14H11Cl2FN2O4S/c15-12-6-3-10(7-13(12)16)18-14(20)8-23-19-24(21,22)11-4-1-9(17)2-5-11/h1-7,19H,8H2,(H,18,20). The van der Waals surface area contributed by atoms with Crippen LogP contribution in [0.3, 0.4) is 0 Å². The molecule has 0 unspecified atom stereocenters.